The van der Waals surface area contributed by atoms with Crippen LogP contribution in [-0.2, 0) is 0 Å². The molecule has 0 amide bonds. The fourth-order valence-electron chi connectivity index (χ4n) is 2.17. The molecule has 0 aliphatic heterocycles. The molecule has 86 valence electrons. The van der Waals surface area contributed by atoms with E-state index in [1.165, 1.54) is 12.0 Å². The first-order valence-electron chi connectivity index (χ1n) is 5.59. The second kappa shape index (κ2) is 4.43. The van der Waals surface area contributed by atoms with Gasteiger partial charge < -0.3 is 16.4 Å². The van der Waals surface area contributed by atoms with Crippen LogP contribution in [0.25, 0.3) is 0 Å². The Hall–Kier alpha value is -1.71. The van der Waals surface area contributed by atoms with Crippen LogP contribution in [0, 0.1) is 5.41 Å². The second-order valence-corrected chi connectivity index (χ2v) is 4.22. The van der Waals surface area contributed by atoms with Crippen molar-refractivity contribution >= 4 is 11.6 Å². The van der Waals surface area contributed by atoms with Gasteiger partial charge in [-0.3, -0.25) is 5.41 Å². The molecule has 0 spiro atoms. The van der Waals surface area contributed by atoms with E-state index in [4.69, 9.17) is 11.1 Å². The summed E-state index contributed by atoms with van der Waals surface area (Å²) in [4.78, 5) is 0. The molecular weight excluding hydrogens is 200 g/mol. The normalized spacial score (nSPS) is 23.3. The van der Waals surface area contributed by atoms with Gasteiger partial charge in [0.05, 0.1) is 0 Å². The quantitative estimate of drug-likeness (QED) is 0.458. The van der Waals surface area contributed by atoms with Crippen molar-refractivity contribution in [2.75, 3.05) is 12.4 Å². The molecule has 2 rings (SSSR count). The van der Waals surface area contributed by atoms with Gasteiger partial charge in [-0.15, -0.1) is 0 Å². The first-order chi connectivity index (χ1) is 7.70. The van der Waals surface area contributed by atoms with Crippen molar-refractivity contribution in [1.82, 2.24) is 5.32 Å². The van der Waals surface area contributed by atoms with Crippen LogP contribution >= 0.6 is 0 Å². The van der Waals surface area contributed by atoms with E-state index in [0.717, 1.165) is 12.1 Å². The van der Waals surface area contributed by atoms with Crippen molar-refractivity contribution in [3.8, 4) is 0 Å². The third-order valence-corrected chi connectivity index (χ3v) is 3.24. The lowest BCUT2D eigenvalue weighted by atomic mass is 9.75. The number of hydrogen-bond acceptors (Lipinski definition) is 2. The zero-order chi connectivity index (χ0) is 11.5. The molecule has 1 saturated carbocycles. The van der Waals surface area contributed by atoms with Crippen molar-refractivity contribution in [3.63, 3.8) is 0 Å². The maximum absolute atomic E-state index is 7.24. The first-order valence-corrected chi connectivity index (χ1v) is 5.59. The summed E-state index contributed by atoms with van der Waals surface area (Å²) >= 11 is 0. The number of nitrogens with two attached hydrogens (primary N) is 1. The van der Waals surface area contributed by atoms with Crippen LogP contribution < -0.4 is 16.4 Å². The van der Waals surface area contributed by atoms with Crippen molar-refractivity contribution in [2.24, 2.45) is 5.73 Å². The van der Waals surface area contributed by atoms with Gasteiger partial charge in [-0.25, -0.2) is 0 Å². The van der Waals surface area contributed by atoms with Gasteiger partial charge in [0.1, 0.15) is 0 Å². The Labute approximate surface area is 95.7 Å². The van der Waals surface area contributed by atoms with Gasteiger partial charge in [-0.05, 0) is 30.5 Å². The molecule has 0 aromatic heterocycles. The first kappa shape index (κ1) is 10.8. The van der Waals surface area contributed by atoms with Crippen molar-refractivity contribution in [2.45, 2.75) is 24.8 Å². The molecule has 1 aliphatic rings. The summed E-state index contributed by atoms with van der Waals surface area (Å²) in [7, 11) is 1.92. The van der Waals surface area contributed by atoms with E-state index < -0.39 is 0 Å². The highest BCUT2D eigenvalue weighted by atomic mass is 15.1. The maximum Gasteiger partial charge on any atom is 0.185 e. The Bertz CT molecular complexity index is 371. The van der Waals surface area contributed by atoms with E-state index in [1.54, 1.807) is 0 Å². The molecule has 16 heavy (non-hydrogen) atoms. The Morgan fingerprint density at radius 2 is 2.00 bits per heavy atom. The molecule has 0 radical (unpaired) electrons. The fraction of sp³-hybridized carbons (Fsp3) is 0.417. The van der Waals surface area contributed by atoms with Gasteiger partial charge in [0, 0.05) is 24.7 Å². The average molecular weight is 218 g/mol. The molecule has 4 nitrogen and oxygen atoms in total. The predicted octanol–water partition coefficient (Wildman–Crippen LogP) is 1.46. The van der Waals surface area contributed by atoms with Gasteiger partial charge in [0.25, 0.3) is 0 Å². The van der Waals surface area contributed by atoms with Crippen LogP contribution in [0.15, 0.2) is 24.3 Å². The lowest BCUT2D eigenvalue weighted by molar-refractivity contribution is 0.317. The molecular formula is C12H18N4. The summed E-state index contributed by atoms with van der Waals surface area (Å²) in [5.41, 5.74) is 7.80. The topological polar surface area (TPSA) is 73.9 Å². The SMILES string of the molecule is CNc1ccc(C2CCC2NC(=N)N)cc1. The maximum atomic E-state index is 7.24. The average Bonchev–Trinajstić information content (AvgIpc) is 2.25. The number of guanidine groups is 1. The zero-order valence-electron chi connectivity index (χ0n) is 9.46. The number of rotatable bonds is 3. The minimum Gasteiger partial charge on any atom is -0.388 e. The van der Waals surface area contributed by atoms with Gasteiger partial charge in [0.2, 0.25) is 0 Å². The molecule has 2 unspecified atom stereocenters. The minimum atomic E-state index is 0.0709. The molecule has 1 fully saturated rings. The van der Waals surface area contributed by atoms with Gasteiger partial charge in [-0.1, -0.05) is 12.1 Å². The summed E-state index contributed by atoms with van der Waals surface area (Å²) in [5.74, 6) is 0.566. The lowest BCUT2D eigenvalue weighted by Gasteiger charge is -2.37. The smallest absolute Gasteiger partial charge is 0.185 e. The summed E-state index contributed by atoms with van der Waals surface area (Å²) in [6.07, 6.45) is 2.27. The molecule has 5 N–H and O–H groups in total. The Kier molecular flexibility index (Phi) is 2.99. The van der Waals surface area contributed by atoms with Crippen LogP contribution in [0.3, 0.4) is 0 Å². The number of anilines is 1. The molecule has 1 aromatic carbocycles. The number of benzene rings is 1. The monoisotopic (exact) mass is 218 g/mol. The minimum absolute atomic E-state index is 0.0709. The Morgan fingerprint density at radius 1 is 1.31 bits per heavy atom. The van der Waals surface area contributed by atoms with E-state index in [2.05, 4.69) is 34.9 Å². The number of hydrogen-bond donors (Lipinski definition) is 4. The van der Waals surface area contributed by atoms with Crippen molar-refractivity contribution in [1.29, 1.82) is 5.41 Å². The van der Waals surface area contributed by atoms with E-state index in [0.29, 0.717) is 12.0 Å². The number of nitrogens with one attached hydrogen (secondary N) is 3. The van der Waals surface area contributed by atoms with Gasteiger partial charge >= 0.3 is 0 Å². The van der Waals surface area contributed by atoms with Crippen LogP contribution in [0.1, 0.15) is 24.3 Å². The van der Waals surface area contributed by atoms with E-state index >= 15 is 0 Å². The van der Waals surface area contributed by atoms with Crippen LogP contribution in [0.4, 0.5) is 5.69 Å². The highest BCUT2D eigenvalue weighted by Crippen LogP contribution is 2.37. The predicted molar refractivity (Wildman–Crippen MR) is 66.8 cm³/mol. The molecule has 1 aliphatic carbocycles. The van der Waals surface area contributed by atoms with E-state index in [9.17, 15) is 0 Å². The highest BCUT2D eigenvalue weighted by Gasteiger charge is 2.32. The third kappa shape index (κ3) is 2.10. The lowest BCUT2D eigenvalue weighted by Crippen LogP contribution is -2.47. The van der Waals surface area contributed by atoms with Crippen LogP contribution in [-0.4, -0.2) is 19.0 Å². The van der Waals surface area contributed by atoms with Crippen molar-refractivity contribution < 1.29 is 0 Å². The standard InChI is InChI=1S/C12H18N4/c1-15-9-4-2-8(3-5-9)10-6-7-11(10)16-12(13)14/h2-5,10-11,15H,6-7H2,1H3,(H4,13,14,16). The molecule has 4 heteroatoms. The second-order valence-electron chi connectivity index (χ2n) is 4.22. The summed E-state index contributed by atoms with van der Waals surface area (Å²) < 4.78 is 0. The van der Waals surface area contributed by atoms with Crippen LogP contribution in [0.2, 0.25) is 0 Å². The zero-order valence-corrected chi connectivity index (χ0v) is 9.46. The van der Waals surface area contributed by atoms with Crippen molar-refractivity contribution in [3.05, 3.63) is 29.8 Å². The highest BCUT2D eigenvalue weighted by molar-refractivity contribution is 5.74. The Morgan fingerprint density at radius 3 is 2.44 bits per heavy atom. The van der Waals surface area contributed by atoms with Gasteiger partial charge in [0.15, 0.2) is 5.96 Å². The fourth-order valence-corrected chi connectivity index (χ4v) is 2.17. The van der Waals surface area contributed by atoms with E-state index in [1.807, 2.05) is 7.05 Å². The molecule has 0 saturated heterocycles. The van der Waals surface area contributed by atoms with Crippen LogP contribution in [0.5, 0.6) is 0 Å². The molecule has 2 atom stereocenters. The van der Waals surface area contributed by atoms with E-state index in [-0.39, 0.29) is 5.96 Å². The Balaban J connectivity index is 2.03. The summed E-state index contributed by atoms with van der Waals surface area (Å²) in [6, 6.07) is 8.78. The largest absolute Gasteiger partial charge is 0.388 e. The third-order valence-electron chi connectivity index (χ3n) is 3.24. The van der Waals surface area contributed by atoms with Gasteiger partial charge in [-0.2, -0.15) is 0 Å². The molecule has 0 heterocycles. The summed E-state index contributed by atoms with van der Waals surface area (Å²) in [5, 5.41) is 13.3. The molecule has 0 bridgehead atoms. The summed E-state index contributed by atoms with van der Waals surface area (Å²) in [6.45, 7) is 0. The molecule has 1 aromatic rings.